The SMILES string of the molecule is CCCCCCCCCC(=O)OCCOCCOCCOCCOCCOCCOCCOCCOCCOCCOCCC(=O)O. The molecule has 0 aromatic carbocycles. The lowest BCUT2D eigenvalue weighted by Gasteiger charge is -2.09. The van der Waals surface area contributed by atoms with Gasteiger partial charge in [-0.2, -0.15) is 0 Å². The second-order valence-electron chi connectivity index (χ2n) is 10.4. The van der Waals surface area contributed by atoms with Crippen molar-refractivity contribution in [3.63, 3.8) is 0 Å². The quantitative estimate of drug-likeness (QED) is 0.0739. The van der Waals surface area contributed by atoms with Gasteiger partial charge < -0.3 is 57.2 Å². The second kappa shape index (κ2) is 40.7. The molecule has 0 fully saturated rings. The van der Waals surface area contributed by atoms with Crippen molar-refractivity contribution in [1.82, 2.24) is 0 Å². The van der Waals surface area contributed by atoms with E-state index in [4.69, 9.17) is 57.2 Å². The number of ether oxygens (including phenoxy) is 11. The van der Waals surface area contributed by atoms with Crippen molar-refractivity contribution in [1.29, 1.82) is 0 Å². The minimum absolute atomic E-state index is 0.00391. The summed E-state index contributed by atoms with van der Waals surface area (Å²) in [6.45, 7) is 11.4. The van der Waals surface area contributed by atoms with Gasteiger partial charge in [-0.1, -0.05) is 45.4 Å². The Hall–Kier alpha value is -1.46. The number of hydrogen-bond acceptors (Lipinski definition) is 13. The zero-order valence-electron chi connectivity index (χ0n) is 29.0. The van der Waals surface area contributed by atoms with Gasteiger partial charge >= 0.3 is 11.9 Å². The van der Waals surface area contributed by atoms with Crippen LogP contribution in [0.3, 0.4) is 0 Å². The maximum atomic E-state index is 11.7. The Morgan fingerprint density at radius 2 is 0.638 bits per heavy atom. The molecule has 0 radical (unpaired) electrons. The van der Waals surface area contributed by atoms with Gasteiger partial charge in [0.2, 0.25) is 0 Å². The standard InChI is InChI=1S/C33H64O14/c1-2-3-4-5-6-7-8-9-33(36)47-31-30-46-29-28-45-27-26-44-25-24-43-23-22-42-21-20-41-19-18-40-17-16-39-15-14-38-13-12-37-11-10-32(34)35/h2-31H2,1H3,(H,34,35). The summed E-state index contributed by atoms with van der Waals surface area (Å²) < 4.78 is 59.2. The Morgan fingerprint density at radius 3 is 0.957 bits per heavy atom. The van der Waals surface area contributed by atoms with Gasteiger partial charge in [-0.15, -0.1) is 0 Å². The number of carboxylic acids is 1. The van der Waals surface area contributed by atoms with Gasteiger partial charge in [0, 0.05) is 6.42 Å². The Morgan fingerprint density at radius 1 is 0.362 bits per heavy atom. The van der Waals surface area contributed by atoms with E-state index < -0.39 is 5.97 Å². The van der Waals surface area contributed by atoms with Crippen LogP contribution in [-0.2, 0) is 61.7 Å². The number of unbranched alkanes of at least 4 members (excludes halogenated alkanes) is 6. The van der Waals surface area contributed by atoms with Gasteiger partial charge in [0.15, 0.2) is 0 Å². The summed E-state index contributed by atoms with van der Waals surface area (Å²) in [5, 5.41) is 8.49. The van der Waals surface area contributed by atoms with Crippen molar-refractivity contribution >= 4 is 11.9 Å². The summed E-state index contributed by atoms with van der Waals surface area (Å²) in [6, 6.07) is 0. The number of rotatable bonds is 41. The van der Waals surface area contributed by atoms with Gasteiger partial charge in [-0.3, -0.25) is 9.59 Å². The van der Waals surface area contributed by atoms with E-state index in [0.717, 1.165) is 12.8 Å². The summed E-state index contributed by atoms with van der Waals surface area (Å²) in [5.74, 6) is -1.02. The molecule has 0 amide bonds. The average molecular weight is 685 g/mol. The van der Waals surface area contributed by atoms with Crippen LogP contribution in [0.25, 0.3) is 0 Å². The topological polar surface area (TPSA) is 156 Å². The number of carbonyl (C=O) groups excluding carboxylic acids is 1. The van der Waals surface area contributed by atoms with E-state index in [1.165, 1.54) is 32.1 Å². The lowest BCUT2D eigenvalue weighted by molar-refractivity contribution is -0.145. The Labute approximate surface area is 282 Å². The zero-order chi connectivity index (χ0) is 34.1. The Balaban J connectivity index is 3.10. The first-order valence-electron chi connectivity index (χ1n) is 17.3. The van der Waals surface area contributed by atoms with Crippen molar-refractivity contribution in [2.24, 2.45) is 0 Å². The fourth-order valence-corrected chi connectivity index (χ4v) is 3.75. The van der Waals surface area contributed by atoms with E-state index in [9.17, 15) is 9.59 Å². The van der Waals surface area contributed by atoms with Crippen LogP contribution in [-0.4, -0.2) is 156 Å². The zero-order valence-corrected chi connectivity index (χ0v) is 29.0. The highest BCUT2D eigenvalue weighted by Crippen LogP contribution is 2.08. The molecule has 0 bridgehead atoms. The molecule has 0 aliphatic rings. The molecule has 14 heteroatoms. The molecule has 0 atom stereocenters. The summed E-state index contributed by atoms with van der Waals surface area (Å²) >= 11 is 0. The molecule has 0 heterocycles. The largest absolute Gasteiger partial charge is 0.481 e. The number of hydrogen-bond donors (Lipinski definition) is 1. The first-order valence-corrected chi connectivity index (χ1v) is 17.3. The highest BCUT2D eigenvalue weighted by atomic mass is 16.6. The minimum atomic E-state index is -0.875. The fourth-order valence-electron chi connectivity index (χ4n) is 3.75. The van der Waals surface area contributed by atoms with Crippen molar-refractivity contribution < 1.29 is 66.8 Å². The van der Waals surface area contributed by atoms with Crippen LogP contribution in [0.15, 0.2) is 0 Å². The van der Waals surface area contributed by atoms with Crippen LogP contribution < -0.4 is 0 Å². The predicted molar refractivity (Wildman–Crippen MR) is 174 cm³/mol. The van der Waals surface area contributed by atoms with Crippen LogP contribution in [0.2, 0.25) is 0 Å². The molecule has 0 unspecified atom stereocenters. The maximum Gasteiger partial charge on any atom is 0.305 e. The van der Waals surface area contributed by atoms with E-state index in [1.807, 2.05) is 0 Å². The van der Waals surface area contributed by atoms with Crippen molar-refractivity contribution in [2.45, 2.75) is 64.7 Å². The Bertz CT molecular complexity index is 640. The normalized spacial score (nSPS) is 11.3. The summed E-state index contributed by atoms with van der Waals surface area (Å²) in [4.78, 5) is 22.0. The van der Waals surface area contributed by atoms with E-state index >= 15 is 0 Å². The molecule has 0 rings (SSSR count). The highest BCUT2D eigenvalue weighted by molar-refractivity contribution is 5.69. The maximum absolute atomic E-state index is 11.7. The van der Waals surface area contributed by atoms with Crippen molar-refractivity contribution in [2.75, 3.05) is 139 Å². The van der Waals surface area contributed by atoms with Crippen LogP contribution in [0.1, 0.15) is 64.7 Å². The number of esters is 1. The van der Waals surface area contributed by atoms with Crippen LogP contribution in [0.4, 0.5) is 0 Å². The van der Waals surface area contributed by atoms with Gasteiger partial charge in [0.25, 0.3) is 0 Å². The Kier molecular flexibility index (Phi) is 39.4. The molecule has 1 N–H and O–H groups in total. The molecule has 0 saturated heterocycles. The molecular weight excluding hydrogens is 620 g/mol. The van der Waals surface area contributed by atoms with Gasteiger partial charge in [0.05, 0.1) is 139 Å². The molecule has 0 aromatic heterocycles. The molecule has 0 aliphatic carbocycles. The molecule has 0 spiro atoms. The monoisotopic (exact) mass is 684 g/mol. The number of aliphatic carboxylic acids is 1. The van der Waals surface area contributed by atoms with E-state index in [1.54, 1.807) is 0 Å². The van der Waals surface area contributed by atoms with Gasteiger partial charge in [-0.05, 0) is 6.42 Å². The van der Waals surface area contributed by atoms with E-state index in [0.29, 0.717) is 132 Å². The summed E-state index contributed by atoms with van der Waals surface area (Å²) in [5.41, 5.74) is 0. The van der Waals surface area contributed by atoms with Crippen molar-refractivity contribution in [3.8, 4) is 0 Å². The molecule has 0 saturated carbocycles. The van der Waals surface area contributed by atoms with Crippen LogP contribution >= 0.6 is 0 Å². The minimum Gasteiger partial charge on any atom is -0.481 e. The third-order valence-corrected chi connectivity index (χ3v) is 6.28. The highest BCUT2D eigenvalue weighted by Gasteiger charge is 2.03. The third kappa shape index (κ3) is 42.5. The predicted octanol–water partition coefficient (Wildman–Crippen LogP) is 3.31. The first-order chi connectivity index (χ1) is 23.2. The van der Waals surface area contributed by atoms with E-state index in [-0.39, 0.29) is 25.6 Å². The molecule has 280 valence electrons. The van der Waals surface area contributed by atoms with E-state index in [2.05, 4.69) is 6.92 Å². The molecule has 0 aromatic rings. The molecule has 47 heavy (non-hydrogen) atoms. The lowest BCUT2D eigenvalue weighted by Crippen LogP contribution is -2.15. The number of carboxylic acid groups (broad SMARTS) is 1. The number of carbonyl (C=O) groups is 2. The fraction of sp³-hybridized carbons (Fsp3) is 0.939. The molecular formula is C33H64O14. The van der Waals surface area contributed by atoms with Crippen LogP contribution in [0.5, 0.6) is 0 Å². The summed E-state index contributed by atoms with van der Waals surface area (Å²) in [6.07, 6.45) is 8.76. The molecule has 14 nitrogen and oxygen atoms in total. The lowest BCUT2D eigenvalue weighted by atomic mass is 10.1. The smallest absolute Gasteiger partial charge is 0.305 e. The third-order valence-electron chi connectivity index (χ3n) is 6.28. The van der Waals surface area contributed by atoms with Crippen LogP contribution in [0, 0.1) is 0 Å². The van der Waals surface area contributed by atoms with Crippen molar-refractivity contribution in [3.05, 3.63) is 0 Å². The average Bonchev–Trinajstić information content (AvgIpc) is 3.06. The van der Waals surface area contributed by atoms with Gasteiger partial charge in [0.1, 0.15) is 6.61 Å². The van der Waals surface area contributed by atoms with Gasteiger partial charge in [-0.25, -0.2) is 0 Å². The molecule has 0 aliphatic heterocycles. The second-order valence-corrected chi connectivity index (χ2v) is 10.4. The summed E-state index contributed by atoms with van der Waals surface area (Å²) in [7, 11) is 0. The first kappa shape index (κ1) is 45.5.